The van der Waals surface area contributed by atoms with Crippen LogP contribution in [0.1, 0.15) is 25.7 Å². The SMILES string of the molecule is Nc1cc(S(=O)(=O)NCC(F)(F)F)cnc1OCC1CC1C1CCC1. The Balaban J connectivity index is 1.57. The van der Waals surface area contributed by atoms with Crippen molar-refractivity contribution in [3.8, 4) is 5.88 Å². The molecule has 2 fully saturated rings. The summed E-state index contributed by atoms with van der Waals surface area (Å²) in [6.07, 6.45) is 1.27. The van der Waals surface area contributed by atoms with E-state index in [2.05, 4.69) is 4.98 Å². The molecule has 0 aromatic carbocycles. The third kappa shape index (κ3) is 4.55. The molecule has 25 heavy (non-hydrogen) atoms. The summed E-state index contributed by atoms with van der Waals surface area (Å²) in [6.45, 7) is -1.19. The minimum absolute atomic E-state index is 0.0178. The molecule has 0 aliphatic heterocycles. The fraction of sp³-hybridized carbons (Fsp3) is 0.667. The number of nitrogen functional groups attached to an aromatic ring is 1. The summed E-state index contributed by atoms with van der Waals surface area (Å²) in [5, 5.41) is 0. The Morgan fingerprint density at radius 2 is 2.08 bits per heavy atom. The molecule has 1 aromatic rings. The normalized spacial score (nSPS) is 24.0. The molecule has 1 aromatic heterocycles. The molecular weight excluding hydrogens is 359 g/mol. The molecule has 2 aliphatic rings. The van der Waals surface area contributed by atoms with E-state index in [9.17, 15) is 21.6 Å². The van der Waals surface area contributed by atoms with Gasteiger partial charge in [-0.15, -0.1) is 0 Å². The van der Waals surface area contributed by atoms with Crippen molar-refractivity contribution >= 4 is 15.7 Å². The maximum absolute atomic E-state index is 12.2. The molecule has 140 valence electrons. The molecule has 0 bridgehead atoms. The Morgan fingerprint density at radius 3 is 2.64 bits per heavy atom. The maximum atomic E-state index is 12.2. The molecular formula is C15H20F3N3O3S. The van der Waals surface area contributed by atoms with Gasteiger partial charge in [0.05, 0.1) is 18.5 Å². The summed E-state index contributed by atoms with van der Waals surface area (Å²) in [4.78, 5) is 3.41. The zero-order valence-electron chi connectivity index (χ0n) is 13.4. The lowest BCUT2D eigenvalue weighted by Gasteiger charge is -2.25. The smallest absolute Gasteiger partial charge is 0.402 e. The summed E-state index contributed by atoms with van der Waals surface area (Å²) in [5.74, 6) is 2.07. The van der Waals surface area contributed by atoms with Crippen molar-refractivity contribution in [3.63, 3.8) is 0 Å². The van der Waals surface area contributed by atoms with Gasteiger partial charge >= 0.3 is 6.18 Å². The van der Waals surface area contributed by atoms with Gasteiger partial charge in [0.15, 0.2) is 0 Å². The van der Waals surface area contributed by atoms with E-state index in [1.165, 1.54) is 24.0 Å². The fourth-order valence-corrected chi connectivity index (χ4v) is 4.06. The molecule has 2 aliphatic carbocycles. The van der Waals surface area contributed by atoms with E-state index in [-0.39, 0.29) is 11.6 Å². The second kappa shape index (κ2) is 6.64. The minimum Gasteiger partial charge on any atom is -0.476 e. The molecule has 2 atom stereocenters. The summed E-state index contributed by atoms with van der Waals surface area (Å²) in [7, 11) is -4.34. The first kappa shape index (κ1) is 18.2. The highest BCUT2D eigenvalue weighted by Gasteiger charge is 2.45. The molecule has 1 heterocycles. The van der Waals surface area contributed by atoms with Gasteiger partial charge in [-0.05, 0) is 30.2 Å². The van der Waals surface area contributed by atoms with Crippen molar-refractivity contribution in [1.82, 2.24) is 9.71 Å². The van der Waals surface area contributed by atoms with Crippen molar-refractivity contribution in [3.05, 3.63) is 12.3 Å². The Bertz CT molecular complexity index is 735. The van der Waals surface area contributed by atoms with E-state index in [0.717, 1.165) is 24.6 Å². The number of nitrogens with two attached hydrogens (primary N) is 1. The highest BCUT2D eigenvalue weighted by atomic mass is 32.2. The average molecular weight is 379 g/mol. The molecule has 10 heteroatoms. The number of halogens is 3. The van der Waals surface area contributed by atoms with E-state index in [4.69, 9.17) is 10.5 Å². The van der Waals surface area contributed by atoms with E-state index < -0.39 is 27.6 Å². The van der Waals surface area contributed by atoms with Gasteiger partial charge < -0.3 is 10.5 Å². The van der Waals surface area contributed by atoms with Gasteiger partial charge in [-0.3, -0.25) is 0 Å². The molecule has 6 nitrogen and oxygen atoms in total. The highest BCUT2D eigenvalue weighted by Crippen LogP contribution is 2.51. The number of nitrogens with one attached hydrogen (secondary N) is 1. The van der Waals surface area contributed by atoms with E-state index in [0.29, 0.717) is 18.4 Å². The van der Waals surface area contributed by atoms with Crippen molar-refractivity contribution < 1.29 is 26.3 Å². The molecule has 0 saturated heterocycles. The van der Waals surface area contributed by atoms with Gasteiger partial charge in [-0.1, -0.05) is 19.3 Å². The number of hydrogen-bond acceptors (Lipinski definition) is 5. The zero-order valence-corrected chi connectivity index (χ0v) is 14.2. The number of pyridine rings is 1. The summed E-state index contributed by atoms with van der Waals surface area (Å²) >= 11 is 0. The molecule has 0 amide bonds. The number of sulfonamides is 1. The predicted octanol–water partition coefficient (Wildman–Crippen LogP) is 2.32. The molecule has 0 radical (unpaired) electrons. The number of aromatic nitrogens is 1. The average Bonchev–Trinajstić information content (AvgIpc) is 3.20. The van der Waals surface area contributed by atoms with Gasteiger partial charge in [0.25, 0.3) is 0 Å². The lowest BCUT2D eigenvalue weighted by atomic mass is 9.81. The fourth-order valence-electron chi connectivity index (χ4n) is 3.07. The minimum atomic E-state index is -4.64. The first-order valence-electron chi connectivity index (χ1n) is 8.10. The summed E-state index contributed by atoms with van der Waals surface area (Å²) in [5.41, 5.74) is 5.72. The monoisotopic (exact) mass is 379 g/mol. The predicted molar refractivity (Wildman–Crippen MR) is 84.3 cm³/mol. The van der Waals surface area contributed by atoms with Gasteiger partial charge in [-0.25, -0.2) is 18.1 Å². The number of ether oxygens (including phenoxy) is 1. The van der Waals surface area contributed by atoms with E-state index in [1.54, 1.807) is 0 Å². The highest BCUT2D eigenvalue weighted by molar-refractivity contribution is 7.89. The van der Waals surface area contributed by atoms with Gasteiger partial charge in [0.1, 0.15) is 11.4 Å². The number of rotatable bonds is 7. The Labute approximate surface area is 144 Å². The standard InChI is InChI=1S/C15H20F3N3O3S/c16-15(17,18)8-21-25(22,23)11-5-13(19)14(20-6-11)24-7-10-4-12(10)9-2-1-3-9/h5-6,9-10,12,21H,1-4,7-8,19H2. The topological polar surface area (TPSA) is 94.3 Å². The molecule has 2 saturated carbocycles. The van der Waals surface area contributed by atoms with Gasteiger partial charge in [0.2, 0.25) is 15.9 Å². The van der Waals surface area contributed by atoms with Crippen LogP contribution >= 0.6 is 0 Å². The van der Waals surface area contributed by atoms with Gasteiger partial charge in [-0.2, -0.15) is 13.2 Å². The van der Waals surface area contributed by atoms with Crippen molar-refractivity contribution in [2.24, 2.45) is 17.8 Å². The molecule has 3 rings (SSSR count). The Hall–Kier alpha value is -1.55. The van der Waals surface area contributed by atoms with Crippen molar-refractivity contribution in [2.45, 2.75) is 36.8 Å². The van der Waals surface area contributed by atoms with E-state index in [1.807, 2.05) is 0 Å². The first-order chi connectivity index (χ1) is 11.7. The quantitative estimate of drug-likeness (QED) is 0.758. The molecule has 3 N–H and O–H groups in total. The Kier molecular flexibility index (Phi) is 4.84. The third-order valence-electron chi connectivity index (χ3n) is 4.79. The second-order valence-electron chi connectivity index (χ2n) is 6.67. The van der Waals surface area contributed by atoms with Crippen LogP contribution in [0.3, 0.4) is 0 Å². The van der Waals surface area contributed by atoms with Crippen LogP contribution in [0, 0.1) is 17.8 Å². The number of anilines is 1. The third-order valence-corrected chi connectivity index (χ3v) is 6.16. The van der Waals surface area contributed by atoms with Crippen LogP contribution in [0.15, 0.2) is 17.2 Å². The number of nitrogens with zero attached hydrogens (tertiary/aromatic N) is 1. The molecule has 2 unspecified atom stereocenters. The van der Waals surface area contributed by atoms with Crippen LogP contribution in [-0.4, -0.2) is 32.7 Å². The van der Waals surface area contributed by atoms with Crippen molar-refractivity contribution in [1.29, 1.82) is 0 Å². The number of hydrogen-bond donors (Lipinski definition) is 2. The molecule has 0 spiro atoms. The number of alkyl halides is 3. The van der Waals surface area contributed by atoms with Gasteiger partial charge in [0, 0.05) is 0 Å². The Morgan fingerprint density at radius 1 is 1.36 bits per heavy atom. The zero-order chi connectivity index (χ0) is 18.2. The van der Waals surface area contributed by atoms with Crippen LogP contribution in [-0.2, 0) is 10.0 Å². The summed E-state index contributed by atoms with van der Waals surface area (Å²) < 4.78 is 67.2. The lowest BCUT2D eigenvalue weighted by molar-refractivity contribution is -0.121. The lowest BCUT2D eigenvalue weighted by Crippen LogP contribution is -2.33. The summed E-state index contributed by atoms with van der Waals surface area (Å²) in [6, 6.07) is 1.05. The second-order valence-corrected chi connectivity index (χ2v) is 8.43. The largest absolute Gasteiger partial charge is 0.476 e. The van der Waals surface area contributed by atoms with Crippen LogP contribution < -0.4 is 15.2 Å². The first-order valence-corrected chi connectivity index (χ1v) is 9.59. The van der Waals surface area contributed by atoms with Crippen LogP contribution in [0.5, 0.6) is 5.88 Å². The van der Waals surface area contributed by atoms with Crippen LogP contribution in [0.25, 0.3) is 0 Å². The maximum Gasteiger partial charge on any atom is 0.402 e. The van der Waals surface area contributed by atoms with Crippen molar-refractivity contribution in [2.75, 3.05) is 18.9 Å². The van der Waals surface area contributed by atoms with Crippen LogP contribution in [0.4, 0.5) is 18.9 Å². The van der Waals surface area contributed by atoms with E-state index >= 15 is 0 Å². The van der Waals surface area contributed by atoms with Crippen LogP contribution in [0.2, 0.25) is 0 Å².